The molecule has 2 radical (unpaired) electrons. The molecule has 0 aromatic heterocycles. The van der Waals surface area contributed by atoms with Gasteiger partial charge in [0.05, 0.1) is 0 Å². The van der Waals surface area contributed by atoms with Crippen molar-refractivity contribution in [3.63, 3.8) is 0 Å². The van der Waals surface area contributed by atoms with E-state index in [0.717, 1.165) is 12.8 Å². The van der Waals surface area contributed by atoms with Gasteiger partial charge in [-0.2, -0.15) is 0 Å². The van der Waals surface area contributed by atoms with E-state index in [0.29, 0.717) is 0 Å². The first-order valence-corrected chi connectivity index (χ1v) is 2.20. The third kappa shape index (κ3) is 3.74. The molecule has 0 heteroatoms. The Labute approximate surface area is 39.9 Å². The molecular formula is C6H10. The van der Waals surface area contributed by atoms with Crippen molar-refractivity contribution in [2.75, 3.05) is 0 Å². The summed E-state index contributed by atoms with van der Waals surface area (Å²) in [5.41, 5.74) is 0. The van der Waals surface area contributed by atoms with Gasteiger partial charge in [0.25, 0.3) is 0 Å². The highest BCUT2D eigenvalue weighted by atomic mass is 13.7. The molecule has 0 saturated heterocycles. The molecule has 0 heterocycles. The van der Waals surface area contributed by atoms with Crippen LogP contribution in [0, 0.1) is 13.0 Å². The summed E-state index contributed by atoms with van der Waals surface area (Å²) < 4.78 is 0. The molecule has 0 aliphatic carbocycles. The van der Waals surface area contributed by atoms with E-state index in [1.54, 1.807) is 0 Å². The van der Waals surface area contributed by atoms with Crippen molar-refractivity contribution in [1.29, 1.82) is 0 Å². The molecule has 0 N–H and O–H groups in total. The number of hydrogen-bond acceptors (Lipinski definition) is 0. The van der Waals surface area contributed by atoms with Gasteiger partial charge in [-0.25, -0.2) is 0 Å². The molecular weight excluding hydrogens is 72.1 g/mol. The summed E-state index contributed by atoms with van der Waals surface area (Å²) >= 11 is 0. The molecule has 0 bridgehead atoms. The fourth-order valence-electron chi connectivity index (χ4n) is 0.246. The van der Waals surface area contributed by atoms with Crippen molar-refractivity contribution in [2.45, 2.75) is 19.8 Å². The molecule has 0 rings (SSSR count). The Balaban J connectivity index is 2.66. The number of rotatable bonds is 2. The first-order valence-electron chi connectivity index (χ1n) is 2.20. The van der Waals surface area contributed by atoms with E-state index >= 15 is 0 Å². The predicted molar refractivity (Wildman–Crippen MR) is 28.1 cm³/mol. The summed E-state index contributed by atoms with van der Waals surface area (Å²) in [4.78, 5) is 0. The van der Waals surface area contributed by atoms with E-state index in [1.807, 2.05) is 13.0 Å². The number of unbranched alkanes of at least 4 members (excludes halogenated alkanes) is 1. The maximum absolute atomic E-state index is 3.65. The van der Waals surface area contributed by atoms with Crippen molar-refractivity contribution in [3.8, 4) is 0 Å². The van der Waals surface area contributed by atoms with Gasteiger partial charge in [-0.15, -0.1) is 0 Å². The molecule has 34 valence electrons. The molecule has 0 aliphatic rings. The van der Waals surface area contributed by atoms with Crippen LogP contribution < -0.4 is 0 Å². The third-order valence-electron chi connectivity index (χ3n) is 0.553. The van der Waals surface area contributed by atoms with Crippen LogP contribution in [0.2, 0.25) is 0 Å². The average Bonchev–Trinajstić information content (AvgIpc) is 1.61. The van der Waals surface area contributed by atoms with Gasteiger partial charge in [-0.05, 0) is 19.8 Å². The van der Waals surface area contributed by atoms with Gasteiger partial charge < -0.3 is 0 Å². The quantitative estimate of drug-likeness (QED) is 0.478. The lowest BCUT2D eigenvalue weighted by Crippen LogP contribution is -1.56. The zero-order valence-electron chi connectivity index (χ0n) is 4.20. The van der Waals surface area contributed by atoms with Gasteiger partial charge in [0.15, 0.2) is 0 Å². The molecule has 0 unspecified atom stereocenters. The van der Waals surface area contributed by atoms with Crippen LogP contribution in [0.15, 0.2) is 6.08 Å². The van der Waals surface area contributed by atoms with E-state index in [4.69, 9.17) is 0 Å². The molecule has 0 amide bonds. The Morgan fingerprint density at radius 2 is 2.50 bits per heavy atom. The molecule has 0 nitrogen and oxygen atoms in total. The molecule has 0 spiro atoms. The van der Waals surface area contributed by atoms with Gasteiger partial charge in [-0.3, -0.25) is 0 Å². The SMILES string of the molecule is [CH2]CC/C=[C]/C. The monoisotopic (exact) mass is 82.1 g/mol. The third-order valence-corrected chi connectivity index (χ3v) is 0.553. The van der Waals surface area contributed by atoms with Crippen molar-refractivity contribution in [3.05, 3.63) is 19.1 Å². The van der Waals surface area contributed by atoms with E-state index in [9.17, 15) is 0 Å². The molecule has 0 fully saturated rings. The zero-order valence-corrected chi connectivity index (χ0v) is 4.20. The Morgan fingerprint density at radius 1 is 1.83 bits per heavy atom. The van der Waals surface area contributed by atoms with Crippen molar-refractivity contribution >= 4 is 0 Å². The molecule has 0 atom stereocenters. The van der Waals surface area contributed by atoms with Crippen LogP contribution in [0.5, 0.6) is 0 Å². The largest absolute Gasteiger partial charge is 0.0813 e. The van der Waals surface area contributed by atoms with E-state index in [-0.39, 0.29) is 0 Å². The lowest BCUT2D eigenvalue weighted by Gasteiger charge is -1.75. The maximum Gasteiger partial charge on any atom is -0.0345 e. The predicted octanol–water partition coefficient (Wildman–Crippen LogP) is 1.98. The Bertz CT molecular complexity index is 35.3. The highest BCUT2D eigenvalue weighted by Gasteiger charge is 1.65. The summed E-state index contributed by atoms with van der Waals surface area (Å²) in [6.45, 7) is 5.55. The smallest absolute Gasteiger partial charge is 0.0345 e. The van der Waals surface area contributed by atoms with Gasteiger partial charge >= 0.3 is 0 Å². The minimum atomic E-state index is 0.987. The minimum Gasteiger partial charge on any atom is -0.0813 e. The van der Waals surface area contributed by atoms with Crippen LogP contribution in [0.25, 0.3) is 0 Å². The van der Waals surface area contributed by atoms with Crippen LogP contribution >= 0.6 is 0 Å². The topological polar surface area (TPSA) is 0 Å². The van der Waals surface area contributed by atoms with E-state index < -0.39 is 0 Å². The average molecular weight is 82.1 g/mol. The van der Waals surface area contributed by atoms with Gasteiger partial charge in [-0.1, -0.05) is 19.1 Å². The molecule has 0 aromatic rings. The molecule has 0 saturated carbocycles. The van der Waals surface area contributed by atoms with Crippen LogP contribution in [-0.4, -0.2) is 0 Å². The van der Waals surface area contributed by atoms with Crippen LogP contribution in [0.4, 0.5) is 0 Å². The first kappa shape index (κ1) is 5.74. The standard InChI is InChI=1S/C6H10/c1-3-5-6-4-2/h6H,1,3,5H2,2H3. The molecule has 6 heavy (non-hydrogen) atoms. The van der Waals surface area contributed by atoms with Crippen LogP contribution in [0.3, 0.4) is 0 Å². The lowest BCUT2D eigenvalue weighted by molar-refractivity contribution is 1.04. The second-order valence-corrected chi connectivity index (χ2v) is 1.14. The summed E-state index contributed by atoms with van der Waals surface area (Å²) in [5, 5.41) is 0. The van der Waals surface area contributed by atoms with E-state index in [1.165, 1.54) is 0 Å². The number of hydrogen-bond donors (Lipinski definition) is 0. The Hall–Kier alpha value is -0.260. The summed E-state index contributed by atoms with van der Waals surface area (Å²) in [6, 6.07) is 0. The van der Waals surface area contributed by atoms with Crippen LogP contribution in [-0.2, 0) is 0 Å². The minimum absolute atomic E-state index is 0.987. The van der Waals surface area contributed by atoms with Gasteiger partial charge in [0, 0.05) is 0 Å². The molecule has 0 aromatic carbocycles. The Morgan fingerprint density at radius 3 is 2.67 bits per heavy atom. The summed E-state index contributed by atoms with van der Waals surface area (Å²) in [7, 11) is 0. The summed E-state index contributed by atoms with van der Waals surface area (Å²) in [6.07, 6.45) is 6.95. The number of allylic oxidation sites excluding steroid dienone is 2. The maximum atomic E-state index is 3.65. The highest BCUT2D eigenvalue weighted by Crippen LogP contribution is 1.84. The zero-order chi connectivity index (χ0) is 4.83. The first-order chi connectivity index (χ1) is 2.91. The van der Waals surface area contributed by atoms with Gasteiger partial charge in [0.2, 0.25) is 0 Å². The fraction of sp³-hybridized carbons (Fsp3) is 0.500. The fourth-order valence-corrected chi connectivity index (χ4v) is 0.246. The highest BCUT2D eigenvalue weighted by molar-refractivity contribution is 4.69. The van der Waals surface area contributed by atoms with Crippen molar-refractivity contribution in [2.24, 2.45) is 0 Å². The van der Waals surface area contributed by atoms with Crippen LogP contribution in [0.1, 0.15) is 19.8 Å². The Kier molecular flexibility index (Phi) is 4.53. The van der Waals surface area contributed by atoms with Crippen molar-refractivity contribution < 1.29 is 0 Å². The second kappa shape index (κ2) is 4.74. The lowest BCUT2D eigenvalue weighted by atomic mass is 10.3. The van der Waals surface area contributed by atoms with Crippen molar-refractivity contribution in [1.82, 2.24) is 0 Å². The second-order valence-electron chi connectivity index (χ2n) is 1.14. The molecule has 0 aliphatic heterocycles. The normalized spacial score (nSPS) is 10.3. The summed E-state index contributed by atoms with van der Waals surface area (Å²) in [5.74, 6) is 0. The van der Waals surface area contributed by atoms with Gasteiger partial charge in [0.1, 0.15) is 0 Å². The van der Waals surface area contributed by atoms with E-state index in [2.05, 4.69) is 13.0 Å².